The molecule has 0 aromatic rings. The molecule has 0 radical (unpaired) electrons. The molecule has 1 saturated heterocycles. The van der Waals surface area contributed by atoms with E-state index in [4.69, 9.17) is 4.74 Å². The molecule has 0 aromatic heterocycles. The van der Waals surface area contributed by atoms with Crippen molar-refractivity contribution < 1.29 is 4.74 Å². The van der Waals surface area contributed by atoms with E-state index < -0.39 is 0 Å². The minimum absolute atomic E-state index is 0.561. The molecule has 0 spiro atoms. The van der Waals surface area contributed by atoms with Crippen molar-refractivity contribution in [2.45, 2.75) is 450 Å². The van der Waals surface area contributed by atoms with Crippen molar-refractivity contribution in [2.75, 3.05) is 0 Å². The average Bonchev–Trinajstić information content (AvgIpc) is 4.10. The number of epoxide rings is 1. The zero-order valence-electron chi connectivity index (χ0n) is 50.2. The summed E-state index contributed by atoms with van der Waals surface area (Å²) in [6.45, 7) is 4.52. The second-order valence-corrected chi connectivity index (χ2v) is 24.8. The predicted molar refractivity (Wildman–Crippen MR) is 325 cm³/mol. The summed E-state index contributed by atoms with van der Waals surface area (Å²) < 4.78 is 5.51. The van der Waals surface area contributed by atoms with E-state index in [0.29, 0.717) is 12.2 Å². The molecular formula is C70H140O. The van der Waals surface area contributed by atoms with E-state index in [0.717, 1.165) is 0 Å². The first kappa shape index (κ1) is 69.0. The van der Waals surface area contributed by atoms with Crippen molar-refractivity contribution in [1.29, 1.82) is 0 Å². The Bertz CT molecular complexity index is 911. The van der Waals surface area contributed by atoms with E-state index in [-0.39, 0.29) is 0 Å². The zero-order chi connectivity index (χ0) is 50.5. The van der Waals surface area contributed by atoms with Crippen molar-refractivity contribution in [3.63, 3.8) is 0 Å². The highest BCUT2D eigenvalue weighted by Gasteiger charge is 2.32. The standard InChI is InChI=1S/C70H140O/c1-3-4-5-6-7-8-9-10-11-12-13-14-15-16-17-18-19-20-21-22-23-24-25-26-27-28-29-30-31-32-33-34-35-36-37-38-39-40-41-42-43-44-45-46-47-48-49-50-51-52-53-54-55-56-57-58-59-60-61-62-63-64-65-66-67-68-70-69(2)71-70/h69-70H,3-68H2,1-2H3. The third-order valence-corrected chi connectivity index (χ3v) is 17.4. The quantitative estimate of drug-likeness (QED) is 0.0437. The zero-order valence-corrected chi connectivity index (χ0v) is 50.2. The number of rotatable bonds is 66. The summed E-state index contributed by atoms with van der Waals surface area (Å²) in [5.74, 6) is 0. The molecule has 0 aliphatic carbocycles. The lowest BCUT2D eigenvalue weighted by Gasteiger charge is -2.05. The molecular weight excluding hydrogens is 857 g/mol. The van der Waals surface area contributed by atoms with Gasteiger partial charge >= 0.3 is 0 Å². The highest BCUT2D eigenvalue weighted by atomic mass is 16.6. The van der Waals surface area contributed by atoms with Gasteiger partial charge in [0.2, 0.25) is 0 Å². The molecule has 426 valence electrons. The monoisotopic (exact) mass is 997 g/mol. The van der Waals surface area contributed by atoms with Gasteiger partial charge in [-0.2, -0.15) is 0 Å². The Morgan fingerprint density at radius 3 is 0.366 bits per heavy atom. The van der Waals surface area contributed by atoms with Crippen molar-refractivity contribution in [2.24, 2.45) is 0 Å². The van der Waals surface area contributed by atoms with Crippen molar-refractivity contribution in [1.82, 2.24) is 0 Å². The predicted octanol–water partition coefficient (Wildman–Crippen LogP) is 26.5. The van der Waals surface area contributed by atoms with Gasteiger partial charge in [-0.25, -0.2) is 0 Å². The van der Waals surface area contributed by atoms with Crippen molar-refractivity contribution in [3.8, 4) is 0 Å². The Kier molecular flexibility index (Phi) is 60.7. The largest absolute Gasteiger partial charge is 0.370 e. The van der Waals surface area contributed by atoms with Gasteiger partial charge in [0.25, 0.3) is 0 Å². The first-order valence-corrected chi connectivity index (χ1v) is 35.0. The Labute approximate surface area is 452 Å². The van der Waals surface area contributed by atoms with Crippen LogP contribution in [-0.2, 0) is 4.74 Å². The molecule has 0 amide bonds. The number of ether oxygens (including phenoxy) is 1. The average molecular weight is 998 g/mol. The van der Waals surface area contributed by atoms with E-state index in [1.165, 1.54) is 424 Å². The van der Waals surface area contributed by atoms with Crippen LogP contribution in [0.3, 0.4) is 0 Å². The van der Waals surface area contributed by atoms with Gasteiger partial charge < -0.3 is 4.74 Å². The van der Waals surface area contributed by atoms with Gasteiger partial charge in [0.05, 0.1) is 12.2 Å². The smallest absolute Gasteiger partial charge is 0.0839 e. The maximum absolute atomic E-state index is 5.51. The second-order valence-electron chi connectivity index (χ2n) is 24.8. The van der Waals surface area contributed by atoms with Crippen LogP contribution in [-0.4, -0.2) is 12.2 Å². The first-order valence-electron chi connectivity index (χ1n) is 35.0. The van der Waals surface area contributed by atoms with Crippen LogP contribution < -0.4 is 0 Å². The van der Waals surface area contributed by atoms with Crippen LogP contribution in [0, 0.1) is 0 Å². The maximum atomic E-state index is 5.51. The Morgan fingerprint density at radius 2 is 0.268 bits per heavy atom. The third kappa shape index (κ3) is 60.7. The highest BCUT2D eigenvalue weighted by molar-refractivity contribution is 4.79. The lowest BCUT2D eigenvalue weighted by Crippen LogP contribution is -1.89. The Morgan fingerprint density at radius 1 is 0.169 bits per heavy atom. The minimum atomic E-state index is 0.561. The van der Waals surface area contributed by atoms with Gasteiger partial charge in [0, 0.05) is 0 Å². The minimum Gasteiger partial charge on any atom is -0.370 e. The fourth-order valence-electron chi connectivity index (χ4n) is 12.1. The molecule has 1 fully saturated rings. The van der Waals surface area contributed by atoms with Gasteiger partial charge in [-0.3, -0.25) is 0 Å². The van der Waals surface area contributed by atoms with Crippen LogP contribution in [0.15, 0.2) is 0 Å². The van der Waals surface area contributed by atoms with E-state index >= 15 is 0 Å². The Hall–Kier alpha value is -0.0400. The van der Waals surface area contributed by atoms with Crippen LogP contribution in [0.5, 0.6) is 0 Å². The number of hydrogen-bond acceptors (Lipinski definition) is 1. The molecule has 2 unspecified atom stereocenters. The van der Waals surface area contributed by atoms with Crippen LogP contribution in [0.2, 0.25) is 0 Å². The summed E-state index contributed by atoms with van der Waals surface area (Å²) in [5, 5.41) is 0. The molecule has 0 aromatic carbocycles. The normalized spacial score (nSPS) is 14.6. The molecule has 2 atom stereocenters. The molecule has 1 aliphatic rings. The van der Waals surface area contributed by atoms with Crippen LogP contribution in [0.1, 0.15) is 438 Å². The van der Waals surface area contributed by atoms with E-state index in [2.05, 4.69) is 13.8 Å². The summed E-state index contributed by atoms with van der Waals surface area (Å²) in [6.07, 6.45) is 99.1. The van der Waals surface area contributed by atoms with Crippen LogP contribution in [0.4, 0.5) is 0 Å². The topological polar surface area (TPSA) is 12.5 Å². The van der Waals surface area contributed by atoms with E-state index in [1.807, 2.05) is 0 Å². The van der Waals surface area contributed by atoms with Crippen molar-refractivity contribution >= 4 is 0 Å². The molecule has 1 nitrogen and oxygen atoms in total. The van der Waals surface area contributed by atoms with Gasteiger partial charge in [0.15, 0.2) is 0 Å². The molecule has 0 N–H and O–H groups in total. The molecule has 1 heteroatoms. The Balaban J connectivity index is 1.57. The summed E-state index contributed by atoms with van der Waals surface area (Å²) in [7, 11) is 0. The second kappa shape index (κ2) is 62.5. The molecule has 1 heterocycles. The van der Waals surface area contributed by atoms with E-state index in [9.17, 15) is 0 Å². The molecule has 1 rings (SSSR count). The highest BCUT2D eigenvalue weighted by Crippen LogP contribution is 2.27. The molecule has 0 bridgehead atoms. The summed E-state index contributed by atoms with van der Waals surface area (Å²) in [5.41, 5.74) is 0. The third-order valence-electron chi connectivity index (χ3n) is 17.4. The fraction of sp³-hybridized carbons (Fsp3) is 1.00. The molecule has 1 aliphatic heterocycles. The summed E-state index contributed by atoms with van der Waals surface area (Å²) in [4.78, 5) is 0. The van der Waals surface area contributed by atoms with Gasteiger partial charge in [0.1, 0.15) is 0 Å². The summed E-state index contributed by atoms with van der Waals surface area (Å²) in [6, 6.07) is 0. The maximum Gasteiger partial charge on any atom is 0.0839 e. The van der Waals surface area contributed by atoms with Gasteiger partial charge in [-0.05, 0) is 13.3 Å². The van der Waals surface area contributed by atoms with Crippen molar-refractivity contribution in [3.05, 3.63) is 0 Å². The fourth-order valence-corrected chi connectivity index (χ4v) is 12.1. The SMILES string of the molecule is CCCCCCCCCCCCCCCCCCCCCCCCCCCCCCCCCCCCCCCCCCCCCCCCCCCCCCCCCCCCCCCCCCCC1OC1C. The lowest BCUT2D eigenvalue weighted by molar-refractivity contribution is 0.364. The first-order chi connectivity index (χ1) is 35.3. The van der Waals surface area contributed by atoms with Crippen LogP contribution in [0.25, 0.3) is 0 Å². The van der Waals surface area contributed by atoms with Gasteiger partial charge in [-0.1, -0.05) is 424 Å². The van der Waals surface area contributed by atoms with E-state index in [1.54, 1.807) is 0 Å². The molecule has 71 heavy (non-hydrogen) atoms. The molecule has 0 saturated carbocycles. The summed E-state index contributed by atoms with van der Waals surface area (Å²) >= 11 is 0. The number of unbranched alkanes of at least 4 members (excludes halogenated alkanes) is 64. The van der Waals surface area contributed by atoms with Crippen LogP contribution >= 0.6 is 0 Å². The number of hydrogen-bond donors (Lipinski definition) is 0. The lowest BCUT2D eigenvalue weighted by atomic mass is 10.0. The van der Waals surface area contributed by atoms with Gasteiger partial charge in [-0.15, -0.1) is 0 Å².